The van der Waals surface area contributed by atoms with Crippen LogP contribution in [0.15, 0.2) is 54.9 Å². The average Bonchev–Trinajstić information content (AvgIpc) is 3.10. The van der Waals surface area contributed by atoms with E-state index < -0.39 is 0 Å². The molecule has 0 saturated heterocycles. The molecule has 0 aliphatic carbocycles. The Labute approximate surface area is 146 Å². The molecule has 0 bridgehead atoms. The van der Waals surface area contributed by atoms with Crippen LogP contribution in [0.2, 0.25) is 0 Å². The lowest BCUT2D eigenvalue weighted by atomic mass is 9.92. The summed E-state index contributed by atoms with van der Waals surface area (Å²) in [4.78, 5) is 19.4. The molecule has 0 saturated carbocycles. The van der Waals surface area contributed by atoms with Crippen LogP contribution in [0, 0.1) is 0 Å². The van der Waals surface area contributed by atoms with E-state index in [1.54, 1.807) is 6.33 Å². The second-order valence-corrected chi connectivity index (χ2v) is 6.50. The fraction of sp³-hybridized carbons (Fsp3) is 0.300. The average molecular weight is 335 g/mol. The molecule has 5 nitrogen and oxygen atoms in total. The molecular weight excluding hydrogens is 314 g/mol. The largest absolute Gasteiger partial charge is 0.394 e. The van der Waals surface area contributed by atoms with Crippen molar-refractivity contribution in [1.29, 1.82) is 0 Å². The zero-order valence-corrected chi connectivity index (χ0v) is 14.2. The van der Waals surface area contributed by atoms with Crippen molar-refractivity contribution >= 4 is 16.9 Å². The predicted molar refractivity (Wildman–Crippen MR) is 96.1 cm³/mol. The zero-order valence-electron chi connectivity index (χ0n) is 14.2. The van der Waals surface area contributed by atoms with Crippen molar-refractivity contribution < 1.29 is 9.90 Å². The SMILES string of the molecule is C[C@H](C(=O)N1CCc2ccccc2[C@H]1CO)n1cnc2ccccc21. The number of hydrogen-bond donors (Lipinski definition) is 1. The summed E-state index contributed by atoms with van der Waals surface area (Å²) >= 11 is 0. The van der Waals surface area contributed by atoms with Gasteiger partial charge in [-0.1, -0.05) is 36.4 Å². The van der Waals surface area contributed by atoms with E-state index in [2.05, 4.69) is 11.1 Å². The van der Waals surface area contributed by atoms with Gasteiger partial charge in [-0.2, -0.15) is 0 Å². The molecule has 1 aromatic heterocycles. The van der Waals surface area contributed by atoms with E-state index in [1.165, 1.54) is 5.56 Å². The van der Waals surface area contributed by atoms with Crippen LogP contribution in [0.3, 0.4) is 0 Å². The summed E-state index contributed by atoms with van der Waals surface area (Å²) in [6.45, 7) is 2.45. The minimum Gasteiger partial charge on any atom is -0.394 e. The maximum absolute atomic E-state index is 13.2. The number of para-hydroxylation sites is 2. The number of aliphatic hydroxyl groups excluding tert-OH is 1. The molecule has 0 spiro atoms. The monoisotopic (exact) mass is 335 g/mol. The lowest BCUT2D eigenvalue weighted by molar-refractivity contribution is -0.138. The first-order chi connectivity index (χ1) is 12.2. The number of benzene rings is 2. The maximum Gasteiger partial charge on any atom is 0.246 e. The second-order valence-electron chi connectivity index (χ2n) is 6.50. The van der Waals surface area contributed by atoms with Crippen LogP contribution in [-0.2, 0) is 11.2 Å². The van der Waals surface area contributed by atoms with Gasteiger partial charge in [0.15, 0.2) is 0 Å². The molecule has 25 heavy (non-hydrogen) atoms. The van der Waals surface area contributed by atoms with Crippen molar-refractivity contribution in [2.75, 3.05) is 13.2 Å². The number of imidazole rings is 1. The number of amides is 1. The molecule has 3 aromatic rings. The highest BCUT2D eigenvalue weighted by Gasteiger charge is 2.33. The Balaban J connectivity index is 1.66. The number of carbonyl (C=O) groups is 1. The van der Waals surface area contributed by atoms with Gasteiger partial charge >= 0.3 is 0 Å². The van der Waals surface area contributed by atoms with Crippen molar-refractivity contribution in [2.24, 2.45) is 0 Å². The molecule has 0 unspecified atom stereocenters. The predicted octanol–water partition coefficient (Wildman–Crippen LogP) is 2.72. The van der Waals surface area contributed by atoms with E-state index in [9.17, 15) is 9.90 Å². The Bertz CT molecular complexity index is 918. The number of rotatable bonds is 3. The Morgan fingerprint density at radius 3 is 2.84 bits per heavy atom. The molecule has 0 fully saturated rings. The Hall–Kier alpha value is -2.66. The molecule has 4 rings (SSSR count). The van der Waals surface area contributed by atoms with E-state index in [-0.39, 0.29) is 24.6 Å². The van der Waals surface area contributed by atoms with Crippen molar-refractivity contribution in [3.05, 3.63) is 66.0 Å². The third kappa shape index (κ3) is 2.61. The molecule has 1 aliphatic heterocycles. The van der Waals surface area contributed by atoms with Crippen LogP contribution in [0.1, 0.15) is 30.1 Å². The van der Waals surface area contributed by atoms with Gasteiger partial charge in [0.05, 0.1) is 30.0 Å². The number of hydrogen-bond acceptors (Lipinski definition) is 3. The molecule has 128 valence electrons. The summed E-state index contributed by atoms with van der Waals surface area (Å²) in [5.41, 5.74) is 4.09. The normalized spacial score (nSPS) is 18.2. The molecule has 2 heterocycles. The van der Waals surface area contributed by atoms with Crippen molar-refractivity contribution in [2.45, 2.75) is 25.4 Å². The standard InChI is InChI=1S/C20H21N3O2/c1-14(23-13-21-17-8-4-5-9-18(17)23)20(25)22-11-10-15-6-2-3-7-16(15)19(22)12-24/h2-9,13-14,19,24H,10-12H2,1H3/t14-,19-/m1/s1. The summed E-state index contributed by atoms with van der Waals surface area (Å²) in [5, 5.41) is 9.93. The van der Waals surface area contributed by atoms with Gasteiger partial charge in [-0.05, 0) is 36.6 Å². The molecule has 1 amide bonds. The highest BCUT2D eigenvalue weighted by atomic mass is 16.3. The van der Waals surface area contributed by atoms with Crippen LogP contribution in [0.4, 0.5) is 0 Å². The summed E-state index contributed by atoms with van der Waals surface area (Å²) in [7, 11) is 0. The minimum absolute atomic E-state index is 0.0108. The van der Waals surface area contributed by atoms with E-state index in [0.717, 1.165) is 23.0 Å². The highest BCUT2D eigenvalue weighted by molar-refractivity contribution is 5.84. The topological polar surface area (TPSA) is 58.4 Å². The summed E-state index contributed by atoms with van der Waals surface area (Å²) < 4.78 is 1.91. The Kier molecular flexibility index (Phi) is 4.01. The summed E-state index contributed by atoms with van der Waals surface area (Å²) in [6, 6.07) is 15.2. The summed E-state index contributed by atoms with van der Waals surface area (Å²) in [5.74, 6) is 0.0108. The number of fused-ring (bicyclic) bond motifs is 2. The van der Waals surface area contributed by atoms with Crippen molar-refractivity contribution in [3.63, 3.8) is 0 Å². The quantitative estimate of drug-likeness (QED) is 0.801. The Morgan fingerprint density at radius 1 is 1.24 bits per heavy atom. The second kappa shape index (κ2) is 6.33. The van der Waals surface area contributed by atoms with E-state index in [4.69, 9.17) is 0 Å². The smallest absolute Gasteiger partial charge is 0.246 e. The lowest BCUT2D eigenvalue weighted by Gasteiger charge is -2.38. The van der Waals surface area contributed by atoms with Gasteiger partial charge in [-0.3, -0.25) is 4.79 Å². The van der Waals surface area contributed by atoms with Crippen LogP contribution < -0.4 is 0 Å². The molecule has 0 radical (unpaired) electrons. The molecular formula is C20H21N3O2. The van der Waals surface area contributed by atoms with Crippen LogP contribution in [-0.4, -0.2) is 38.6 Å². The van der Waals surface area contributed by atoms with Gasteiger partial charge in [0.2, 0.25) is 5.91 Å². The van der Waals surface area contributed by atoms with Crippen molar-refractivity contribution in [1.82, 2.24) is 14.5 Å². The van der Waals surface area contributed by atoms with Gasteiger partial charge in [-0.25, -0.2) is 4.98 Å². The van der Waals surface area contributed by atoms with Gasteiger partial charge in [-0.15, -0.1) is 0 Å². The van der Waals surface area contributed by atoms with E-state index in [1.807, 2.05) is 58.9 Å². The van der Waals surface area contributed by atoms with Gasteiger partial charge in [0, 0.05) is 6.54 Å². The third-order valence-corrected chi connectivity index (χ3v) is 5.12. The van der Waals surface area contributed by atoms with E-state index >= 15 is 0 Å². The van der Waals surface area contributed by atoms with Gasteiger partial charge in [0.1, 0.15) is 6.04 Å². The zero-order chi connectivity index (χ0) is 17.4. The van der Waals surface area contributed by atoms with Gasteiger partial charge < -0.3 is 14.6 Å². The summed E-state index contributed by atoms with van der Waals surface area (Å²) in [6.07, 6.45) is 2.54. The molecule has 5 heteroatoms. The number of aromatic nitrogens is 2. The highest BCUT2D eigenvalue weighted by Crippen LogP contribution is 2.31. The molecule has 2 atom stereocenters. The Morgan fingerprint density at radius 2 is 2.00 bits per heavy atom. The molecule has 1 aliphatic rings. The number of nitrogens with zero attached hydrogens (tertiary/aromatic N) is 3. The van der Waals surface area contributed by atoms with Crippen LogP contribution >= 0.6 is 0 Å². The fourth-order valence-electron chi connectivity index (χ4n) is 3.76. The molecule has 2 aromatic carbocycles. The van der Waals surface area contributed by atoms with Crippen molar-refractivity contribution in [3.8, 4) is 0 Å². The van der Waals surface area contributed by atoms with Crippen LogP contribution in [0.25, 0.3) is 11.0 Å². The fourth-order valence-corrected chi connectivity index (χ4v) is 3.76. The molecule has 1 N–H and O–H groups in total. The van der Waals surface area contributed by atoms with Crippen LogP contribution in [0.5, 0.6) is 0 Å². The first kappa shape index (κ1) is 15.8. The maximum atomic E-state index is 13.2. The first-order valence-corrected chi connectivity index (χ1v) is 8.61. The number of carbonyl (C=O) groups excluding carboxylic acids is 1. The first-order valence-electron chi connectivity index (χ1n) is 8.61. The lowest BCUT2D eigenvalue weighted by Crippen LogP contribution is -2.44. The van der Waals surface area contributed by atoms with Gasteiger partial charge in [0.25, 0.3) is 0 Å². The van der Waals surface area contributed by atoms with E-state index in [0.29, 0.717) is 6.54 Å². The number of aliphatic hydroxyl groups is 1. The third-order valence-electron chi connectivity index (χ3n) is 5.12. The minimum atomic E-state index is -0.369.